The van der Waals surface area contributed by atoms with Gasteiger partial charge in [0.2, 0.25) is 0 Å². The van der Waals surface area contributed by atoms with Crippen molar-refractivity contribution in [2.75, 3.05) is 39.2 Å². The third-order valence-corrected chi connectivity index (χ3v) is 3.27. The van der Waals surface area contributed by atoms with Crippen LogP contribution in [-0.2, 0) is 4.74 Å². The van der Waals surface area contributed by atoms with Gasteiger partial charge in [-0.15, -0.1) is 10.2 Å². The van der Waals surface area contributed by atoms with Crippen molar-refractivity contribution in [2.45, 2.75) is 12.8 Å². The van der Waals surface area contributed by atoms with Crippen molar-refractivity contribution in [3.8, 4) is 0 Å². The molecule has 2 rings (SSSR count). The molecule has 19 heavy (non-hydrogen) atoms. The summed E-state index contributed by atoms with van der Waals surface area (Å²) in [4.78, 5) is 13.9. The Bertz CT molecular complexity index is 415. The molecule has 6 heteroatoms. The van der Waals surface area contributed by atoms with Crippen LogP contribution in [0.2, 0.25) is 0 Å². The van der Waals surface area contributed by atoms with Gasteiger partial charge >= 0.3 is 0 Å². The molecule has 0 spiro atoms. The molecule has 1 aliphatic rings. The standard InChI is InChI=1S/C13H20N4O2/c1-14-12-6-5-11(15-16-12)13(18)17(2)8-10-4-3-7-19-9-10/h5-6,10H,3-4,7-9H2,1-2H3,(H,14,16). The Labute approximate surface area is 113 Å². The quantitative estimate of drug-likeness (QED) is 0.879. The minimum absolute atomic E-state index is 0.0965. The highest BCUT2D eigenvalue weighted by molar-refractivity contribution is 5.92. The molecule has 2 heterocycles. The molecule has 0 bridgehead atoms. The lowest BCUT2D eigenvalue weighted by atomic mass is 10.0. The van der Waals surface area contributed by atoms with Gasteiger partial charge in [0, 0.05) is 27.2 Å². The Morgan fingerprint density at radius 2 is 2.37 bits per heavy atom. The summed E-state index contributed by atoms with van der Waals surface area (Å²) >= 11 is 0. The van der Waals surface area contributed by atoms with Crippen molar-refractivity contribution in [1.82, 2.24) is 15.1 Å². The molecule has 1 aromatic rings. The largest absolute Gasteiger partial charge is 0.381 e. The monoisotopic (exact) mass is 264 g/mol. The maximum Gasteiger partial charge on any atom is 0.274 e. The number of ether oxygens (including phenoxy) is 1. The van der Waals surface area contributed by atoms with Gasteiger partial charge in [-0.05, 0) is 30.9 Å². The van der Waals surface area contributed by atoms with Crippen molar-refractivity contribution in [3.63, 3.8) is 0 Å². The molecule has 1 aliphatic heterocycles. The van der Waals surface area contributed by atoms with Gasteiger partial charge in [0.25, 0.3) is 5.91 Å². The minimum atomic E-state index is -0.0965. The molecule has 1 amide bonds. The zero-order valence-corrected chi connectivity index (χ0v) is 11.4. The van der Waals surface area contributed by atoms with E-state index in [1.54, 1.807) is 31.1 Å². The lowest BCUT2D eigenvalue weighted by Gasteiger charge is -2.26. The van der Waals surface area contributed by atoms with Crippen LogP contribution in [0.5, 0.6) is 0 Å². The summed E-state index contributed by atoms with van der Waals surface area (Å²) in [6.45, 7) is 2.28. The first-order chi connectivity index (χ1) is 9.20. The molecule has 1 saturated heterocycles. The van der Waals surface area contributed by atoms with E-state index in [4.69, 9.17) is 4.74 Å². The van der Waals surface area contributed by atoms with Crippen LogP contribution in [0, 0.1) is 5.92 Å². The molecule has 1 unspecified atom stereocenters. The Morgan fingerprint density at radius 1 is 1.53 bits per heavy atom. The molecule has 0 aromatic carbocycles. The summed E-state index contributed by atoms with van der Waals surface area (Å²) in [5, 5.41) is 10.7. The van der Waals surface area contributed by atoms with Crippen LogP contribution in [0.3, 0.4) is 0 Å². The van der Waals surface area contributed by atoms with Gasteiger partial charge in [0.15, 0.2) is 5.69 Å². The molecule has 6 nitrogen and oxygen atoms in total. The van der Waals surface area contributed by atoms with Crippen LogP contribution in [-0.4, -0.2) is 54.9 Å². The van der Waals surface area contributed by atoms with Crippen LogP contribution in [0.25, 0.3) is 0 Å². The molecule has 1 aromatic heterocycles. The van der Waals surface area contributed by atoms with Gasteiger partial charge in [-0.25, -0.2) is 0 Å². The number of aromatic nitrogens is 2. The van der Waals surface area contributed by atoms with Crippen LogP contribution < -0.4 is 5.32 Å². The maximum absolute atomic E-state index is 12.2. The van der Waals surface area contributed by atoms with Crippen LogP contribution >= 0.6 is 0 Å². The molecular formula is C13H20N4O2. The van der Waals surface area contributed by atoms with E-state index in [0.29, 0.717) is 24.0 Å². The summed E-state index contributed by atoms with van der Waals surface area (Å²) in [6, 6.07) is 3.44. The normalized spacial score (nSPS) is 18.9. The van der Waals surface area contributed by atoms with Crippen LogP contribution in [0.15, 0.2) is 12.1 Å². The number of nitrogens with zero attached hydrogens (tertiary/aromatic N) is 3. The number of carbonyl (C=O) groups is 1. The Kier molecular flexibility index (Phi) is 4.68. The molecule has 0 radical (unpaired) electrons. The Hall–Kier alpha value is -1.69. The number of anilines is 1. The van der Waals surface area contributed by atoms with Crippen LogP contribution in [0.4, 0.5) is 5.82 Å². The van der Waals surface area contributed by atoms with E-state index < -0.39 is 0 Å². The smallest absolute Gasteiger partial charge is 0.274 e. The highest BCUT2D eigenvalue weighted by Crippen LogP contribution is 2.15. The predicted octanol–water partition coefficient (Wildman–Crippen LogP) is 1.02. The van der Waals surface area contributed by atoms with Crippen molar-refractivity contribution >= 4 is 11.7 Å². The number of amides is 1. The third kappa shape index (κ3) is 3.64. The van der Waals surface area contributed by atoms with E-state index in [0.717, 1.165) is 26.1 Å². The van der Waals surface area contributed by atoms with Gasteiger partial charge in [-0.2, -0.15) is 0 Å². The number of carbonyl (C=O) groups excluding carboxylic acids is 1. The predicted molar refractivity (Wildman–Crippen MR) is 72.1 cm³/mol. The molecule has 104 valence electrons. The van der Waals surface area contributed by atoms with Gasteiger partial charge < -0.3 is 15.0 Å². The lowest BCUT2D eigenvalue weighted by molar-refractivity contribution is 0.0386. The first-order valence-electron chi connectivity index (χ1n) is 6.55. The topological polar surface area (TPSA) is 67.4 Å². The van der Waals surface area contributed by atoms with Crippen molar-refractivity contribution in [2.24, 2.45) is 5.92 Å². The zero-order chi connectivity index (χ0) is 13.7. The second-order valence-corrected chi connectivity index (χ2v) is 4.82. The SMILES string of the molecule is CNc1ccc(C(=O)N(C)CC2CCCOC2)nn1. The van der Waals surface area contributed by atoms with Crippen molar-refractivity contribution in [3.05, 3.63) is 17.8 Å². The van der Waals surface area contributed by atoms with Gasteiger partial charge in [-0.3, -0.25) is 4.79 Å². The molecule has 0 aliphatic carbocycles. The fourth-order valence-electron chi connectivity index (χ4n) is 2.20. The molecule has 0 saturated carbocycles. The van der Waals surface area contributed by atoms with E-state index in [2.05, 4.69) is 15.5 Å². The number of rotatable bonds is 4. The number of hydrogen-bond acceptors (Lipinski definition) is 5. The molecule has 1 N–H and O–H groups in total. The zero-order valence-electron chi connectivity index (χ0n) is 11.4. The van der Waals surface area contributed by atoms with E-state index in [-0.39, 0.29) is 5.91 Å². The third-order valence-electron chi connectivity index (χ3n) is 3.27. The van der Waals surface area contributed by atoms with E-state index in [1.165, 1.54) is 0 Å². The molecule has 1 fully saturated rings. The number of nitrogens with one attached hydrogen (secondary N) is 1. The second kappa shape index (κ2) is 6.47. The van der Waals surface area contributed by atoms with Crippen LogP contribution in [0.1, 0.15) is 23.3 Å². The van der Waals surface area contributed by atoms with Crippen molar-refractivity contribution < 1.29 is 9.53 Å². The average molecular weight is 264 g/mol. The van der Waals surface area contributed by atoms with E-state index >= 15 is 0 Å². The Morgan fingerprint density at radius 3 is 2.95 bits per heavy atom. The minimum Gasteiger partial charge on any atom is -0.381 e. The first kappa shape index (κ1) is 13.7. The summed E-state index contributed by atoms with van der Waals surface area (Å²) < 4.78 is 5.42. The van der Waals surface area contributed by atoms with Gasteiger partial charge in [0.1, 0.15) is 5.82 Å². The Balaban J connectivity index is 1.93. The second-order valence-electron chi connectivity index (χ2n) is 4.82. The van der Waals surface area contributed by atoms with Gasteiger partial charge in [0.05, 0.1) is 6.61 Å². The fraction of sp³-hybridized carbons (Fsp3) is 0.615. The summed E-state index contributed by atoms with van der Waals surface area (Å²) in [5.74, 6) is 0.979. The van der Waals surface area contributed by atoms with E-state index in [1.807, 2.05) is 0 Å². The highest BCUT2D eigenvalue weighted by atomic mass is 16.5. The summed E-state index contributed by atoms with van der Waals surface area (Å²) in [7, 11) is 3.56. The fourth-order valence-corrected chi connectivity index (χ4v) is 2.20. The molecular weight excluding hydrogens is 244 g/mol. The summed E-state index contributed by atoms with van der Waals surface area (Å²) in [5.41, 5.74) is 0.373. The summed E-state index contributed by atoms with van der Waals surface area (Å²) in [6.07, 6.45) is 2.19. The van der Waals surface area contributed by atoms with Gasteiger partial charge in [-0.1, -0.05) is 0 Å². The van der Waals surface area contributed by atoms with Crippen molar-refractivity contribution in [1.29, 1.82) is 0 Å². The average Bonchev–Trinajstić information content (AvgIpc) is 2.47. The van der Waals surface area contributed by atoms with E-state index in [9.17, 15) is 4.79 Å². The number of hydrogen-bond donors (Lipinski definition) is 1. The maximum atomic E-state index is 12.2. The first-order valence-corrected chi connectivity index (χ1v) is 6.55. The highest BCUT2D eigenvalue weighted by Gasteiger charge is 2.20. The molecule has 1 atom stereocenters. The lowest BCUT2D eigenvalue weighted by Crippen LogP contribution is -2.35.